The number of nitrogens with zero attached hydrogens (tertiary/aromatic N) is 2. The molecule has 1 saturated heterocycles. The van der Waals surface area contributed by atoms with Crippen molar-refractivity contribution < 1.29 is 4.79 Å². The molecule has 1 spiro atoms. The summed E-state index contributed by atoms with van der Waals surface area (Å²) in [5.74, 6) is 0.169. The summed E-state index contributed by atoms with van der Waals surface area (Å²) in [7, 11) is 0. The number of hydrogen-bond donors (Lipinski definition) is 0. The van der Waals surface area contributed by atoms with Crippen LogP contribution in [0, 0.1) is 0 Å². The van der Waals surface area contributed by atoms with Gasteiger partial charge in [-0.1, -0.05) is 25.1 Å². The molecule has 0 unspecified atom stereocenters. The van der Waals surface area contributed by atoms with Gasteiger partial charge in [-0.2, -0.15) is 0 Å². The molecule has 3 rings (SSSR count). The highest BCUT2D eigenvalue weighted by Crippen LogP contribution is 2.46. The summed E-state index contributed by atoms with van der Waals surface area (Å²) in [6, 6.07) is 8.46. The minimum atomic E-state index is 0.169. The number of rotatable bonds is 1. The molecule has 19 heavy (non-hydrogen) atoms. The Labute approximate surface area is 115 Å². The number of amides is 1. The fourth-order valence-corrected chi connectivity index (χ4v) is 3.64. The zero-order valence-electron chi connectivity index (χ0n) is 11.9. The molecule has 0 aromatic heterocycles. The lowest BCUT2D eigenvalue weighted by Crippen LogP contribution is -2.45. The maximum absolute atomic E-state index is 11.9. The highest BCUT2D eigenvalue weighted by atomic mass is 16.2. The number of likely N-dealkylation sites (tertiary alicyclic amines) is 1. The van der Waals surface area contributed by atoms with Gasteiger partial charge in [-0.05, 0) is 44.1 Å². The molecule has 2 aliphatic heterocycles. The van der Waals surface area contributed by atoms with Gasteiger partial charge in [-0.15, -0.1) is 0 Å². The molecule has 0 aliphatic carbocycles. The van der Waals surface area contributed by atoms with Crippen LogP contribution in [0.1, 0.15) is 32.3 Å². The van der Waals surface area contributed by atoms with Crippen LogP contribution < -0.4 is 4.90 Å². The summed E-state index contributed by atoms with van der Waals surface area (Å²) in [6.07, 6.45) is 2.34. The van der Waals surface area contributed by atoms with Crippen LogP contribution in [0.3, 0.4) is 0 Å². The van der Waals surface area contributed by atoms with Crippen molar-refractivity contribution in [1.29, 1.82) is 0 Å². The molecule has 3 nitrogen and oxygen atoms in total. The van der Waals surface area contributed by atoms with Crippen molar-refractivity contribution in [3.8, 4) is 0 Å². The van der Waals surface area contributed by atoms with Crippen LogP contribution in [-0.4, -0.2) is 37.0 Å². The van der Waals surface area contributed by atoms with Gasteiger partial charge in [0.25, 0.3) is 0 Å². The van der Waals surface area contributed by atoms with E-state index in [-0.39, 0.29) is 11.3 Å². The van der Waals surface area contributed by atoms with Crippen molar-refractivity contribution in [3.63, 3.8) is 0 Å². The summed E-state index contributed by atoms with van der Waals surface area (Å²) in [5.41, 5.74) is 2.73. The van der Waals surface area contributed by atoms with Crippen LogP contribution in [0.2, 0.25) is 0 Å². The minimum absolute atomic E-state index is 0.169. The number of para-hydroxylation sites is 1. The lowest BCUT2D eigenvalue weighted by Gasteiger charge is -2.39. The highest BCUT2D eigenvalue weighted by Gasteiger charge is 2.45. The summed E-state index contributed by atoms with van der Waals surface area (Å²) in [4.78, 5) is 16.3. The second-order valence-corrected chi connectivity index (χ2v) is 5.84. The summed E-state index contributed by atoms with van der Waals surface area (Å²) in [5, 5.41) is 0. The van der Waals surface area contributed by atoms with E-state index in [2.05, 4.69) is 30.0 Å². The molecular weight excluding hydrogens is 236 g/mol. The molecule has 102 valence electrons. The van der Waals surface area contributed by atoms with Gasteiger partial charge in [-0.25, -0.2) is 0 Å². The van der Waals surface area contributed by atoms with Crippen LogP contribution in [0.25, 0.3) is 0 Å². The number of fused-ring (bicyclic) bond motifs is 2. The average molecular weight is 258 g/mol. The standard InChI is InChI=1S/C16H22N2O/c1-3-17-10-8-16(9-11-17)12-18(13(2)19)15-7-5-4-6-14(15)16/h4-7H,3,8-12H2,1-2H3. The number of carbonyl (C=O) groups excluding carboxylic acids is 1. The second-order valence-electron chi connectivity index (χ2n) is 5.84. The Hall–Kier alpha value is -1.35. The van der Waals surface area contributed by atoms with E-state index in [0.717, 1.165) is 31.9 Å². The summed E-state index contributed by atoms with van der Waals surface area (Å²) >= 11 is 0. The molecule has 0 radical (unpaired) electrons. The number of benzene rings is 1. The number of anilines is 1. The molecule has 2 aliphatic rings. The maximum atomic E-state index is 11.9. The minimum Gasteiger partial charge on any atom is -0.311 e. The third-order valence-corrected chi connectivity index (χ3v) is 4.87. The molecule has 2 heterocycles. The van der Waals surface area contributed by atoms with E-state index >= 15 is 0 Å². The molecule has 1 aromatic carbocycles. The van der Waals surface area contributed by atoms with Gasteiger partial charge in [-0.3, -0.25) is 4.79 Å². The van der Waals surface area contributed by atoms with Crippen molar-refractivity contribution in [2.75, 3.05) is 31.1 Å². The maximum Gasteiger partial charge on any atom is 0.223 e. The highest BCUT2D eigenvalue weighted by molar-refractivity contribution is 5.94. The molecule has 0 saturated carbocycles. The quantitative estimate of drug-likeness (QED) is 0.772. The van der Waals surface area contributed by atoms with Crippen LogP contribution in [0.4, 0.5) is 5.69 Å². The van der Waals surface area contributed by atoms with Gasteiger partial charge < -0.3 is 9.80 Å². The Bertz CT molecular complexity index is 489. The molecule has 0 N–H and O–H groups in total. The lowest BCUT2D eigenvalue weighted by atomic mass is 9.74. The number of piperidine rings is 1. The first-order valence-electron chi connectivity index (χ1n) is 7.26. The summed E-state index contributed by atoms with van der Waals surface area (Å²) in [6.45, 7) is 8.21. The lowest BCUT2D eigenvalue weighted by molar-refractivity contribution is -0.116. The third kappa shape index (κ3) is 1.96. The molecule has 0 atom stereocenters. The van der Waals surface area contributed by atoms with E-state index in [1.165, 1.54) is 18.4 Å². The Morgan fingerprint density at radius 3 is 2.58 bits per heavy atom. The molecule has 3 heteroatoms. The first-order chi connectivity index (χ1) is 9.16. The monoisotopic (exact) mass is 258 g/mol. The van der Waals surface area contributed by atoms with Gasteiger partial charge >= 0.3 is 0 Å². The summed E-state index contributed by atoms with van der Waals surface area (Å²) < 4.78 is 0. The molecular formula is C16H22N2O. The SMILES string of the molecule is CCN1CCC2(CC1)CN(C(C)=O)c1ccccc12. The normalized spacial score (nSPS) is 21.7. The predicted molar refractivity (Wildman–Crippen MR) is 77.5 cm³/mol. The van der Waals surface area contributed by atoms with Crippen molar-refractivity contribution in [2.45, 2.75) is 32.1 Å². The van der Waals surface area contributed by atoms with E-state index in [0.29, 0.717) is 0 Å². The average Bonchev–Trinajstić information content (AvgIpc) is 2.76. The van der Waals surface area contributed by atoms with Gasteiger partial charge in [0.15, 0.2) is 0 Å². The Balaban J connectivity index is 1.95. The fourth-order valence-electron chi connectivity index (χ4n) is 3.64. The van der Waals surface area contributed by atoms with Gasteiger partial charge in [0.05, 0.1) is 0 Å². The van der Waals surface area contributed by atoms with Crippen molar-refractivity contribution >= 4 is 11.6 Å². The van der Waals surface area contributed by atoms with E-state index in [9.17, 15) is 4.79 Å². The topological polar surface area (TPSA) is 23.6 Å². The van der Waals surface area contributed by atoms with Gasteiger partial charge in [0.2, 0.25) is 5.91 Å². The van der Waals surface area contributed by atoms with Gasteiger partial charge in [0.1, 0.15) is 0 Å². The van der Waals surface area contributed by atoms with Crippen LogP contribution >= 0.6 is 0 Å². The predicted octanol–water partition coefficient (Wildman–Crippen LogP) is 2.41. The number of carbonyl (C=O) groups is 1. The van der Waals surface area contributed by atoms with Crippen LogP contribution in [0.5, 0.6) is 0 Å². The van der Waals surface area contributed by atoms with Crippen molar-refractivity contribution in [3.05, 3.63) is 29.8 Å². The number of hydrogen-bond acceptors (Lipinski definition) is 2. The molecule has 1 amide bonds. The largest absolute Gasteiger partial charge is 0.311 e. The molecule has 1 fully saturated rings. The fraction of sp³-hybridized carbons (Fsp3) is 0.562. The first kappa shape index (κ1) is 12.7. The second kappa shape index (κ2) is 4.64. The first-order valence-corrected chi connectivity index (χ1v) is 7.26. The smallest absolute Gasteiger partial charge is 0.223 e. The Kier molecular flexibility index (Phi) is 3.09. The molecule has 1 aromatic rings. The van der Waals surface area contributed by atoms with E-state index in [4.69, 9.17) is 0 Å². The van der Waals surface area contributed by atoms with Crippen molar-refractivity contribution in [2.24, 2.45) is 0 Å². The van der Waals surface area contributed by atoms with E-state index in [1.54, 1.807) is 6.92 Å². The van der Waals surface area contributed by atoms with Crippen LogP contribution in [0.15, 0.2) is 24.3 Å². The van der Waals surface area contributed by atoms with Crippen molar-refractivity contribution in [1.82, 2.24) is 4.90 Å². The molecule has 0 bridgehead atoms. The van der Waals surface area contributed by atoms with E-state index in [1.807, 2.05) is 11.0 Å². The van der Waals surface area contributed by atoms with Crippen LogP contribution in [-0.2, 0) is 10.2 Å². The zero-order valence-corrected chi connectivity index (χ0v) is 11.9. The van der Waals surface area contributed by atoms with E-state index < -0.39 is 0 Å². The Morgan fingerprint density at radius 1 is 1.26 bits per heavy atom. The van der Waals surface area contributed by atoms with Gasteiger partial charge in [0, 0.05) is 24.6 Å². The Morgan fingerprint density at radius 2 is 1.95 bits per heavy atom. The third-order valence-electron chi connectivity index (χ3n) is 4.87. The zero-order chi connectivity index (χ0) is 13.5.